The Kier molecular flexibility index (Phi) is 7.32. The first kappa shape index (κ1) is 27.4. The topological polar surface area (TPSA) is 260 Å². The molecule has 3 aromatic carbocycles. The van der Waals surface area contributed by atoms with Crippen molar-refractivity contribution in [2.24, 2.45) is 10.2 Å². The SMILES string of the molecule is Nc1cc(S(=O)(=O)O)cc2cc(S(=O)(=O)O)c(N=Nc3cc(S(=O)(=O)O)ccc3[O-])c([O-])c12.[Cu+2]. The molecule has 1 radical (unpaired) electrons. The van der Waals surface area contributed by atoms with Crippen LogP contribution in [0.3, 0.4) is 0 Å². The summed E-state index contributed by atoms with van der Waals surface area (Å²) < 4.78 is 96.7. The second kappa shape index (κ2) is 9.08. The zero-order valence-electron chi connectivity index (χ0n) is 16.1. The van der Waals surface area contributed by atoms with E-state index in [1.807, 2.05) is 0 Å². The summed E-state index contributed by atoms with van der Waals surface area (Å²) in [5.74, 6) is -2.16. The van der Waals surface area contributed by atoms with Crippen molar-refractivity contribution < 1.29 is 66.2 Å². The third kappa shape index (κ3) is 5.45. The van der Waals surface area contributed by atoms with Gasteiger partial charge in [0, 0.05) is 5.69 Å². The first-order valence-electron chi connectivity index (χ1n) is 8.22. The van der Waals surface area contributed by atoms with E-state index in [4.69, 9.17) is 10.3 Å². The van der Waals surface area contributed by atoms with Crippen molar-refractivity contribution in [3.8, 4) is 11.5 Å². The second-order valence-electron chi connectivity index (χ2n) is 6.42. The fourth-order valence-corrected chi connectivity index (χ4v) is 4.46. The molecule has 0 bridgehead atoms. The van der Waals surface area contributed by atoms with Crippen LogP contribution in [0, 0.1) is 0 Å². The zero-order chi connectivity index (χ0) is 24.9. The van der Waals surface area contributed by atoms with Gasteiger partial charge in [0.25, 0.3) is 30.4 Å². The van der Waals surface area contributed by atoms with Gasteiger partial charge in [0.1, 0.15) is 4.90 Å². The number of anilines is 1. The van der Waals surface area contributed by atoms with Crippen molar-refractivity contribution in [2.75, 3.05) is 5.73 Å². The Morgan fingerprint density at radius 3 is 1.88 bits per heavy atom. The van der Waals surface area contributed by atoms with E-state index in [9.17, 15) is 44.6 Å². The summed E-state index contributed by atoms with van der Waals surface area (Å²) in [6.07, 6.45) is 0. The van der Waals surface area contributed by atoms with Crippen LogP contribution in [0.1, 0.15) is 0 Å². The summed E-state index contributed by atoms with van der Waals surface area (Å²) in [6.45, 7) is 0. The molecule has 0 saturated heterocycles. The van der Waals surface area contributed by atoms with E-state index in [-0.39, 0.29) is 17.1 Å². The van der Waals surface area contributed by atoms with Crippen LogP contribution in [-0.4, -0.2) is 38.9 Å². The van der Waals surface area contributed by atoms with Crippen molar-refractivity contribution in [3.63, 3.8) is 0 Å². The zero-order valence-corrected chi connectivity index (χ0v) is 19.5. The summed E-state index contributed by atoms with van der Waals surface area (Å²) in [5, 5.41) is 30.7. The monoisotopic (exact) mass is 580 g/mol. The summed E-state index contributed by atoms with van der Waals surface area (Å²) >= 11 is 0. The Bertz CT molecular complexity index is 1670. The van der Waals surface area contributed by atoms with Gasteiger partial charge in [-0.25, -0.2) is 0 Å². The summed E-state index contributed by atoms with van der Waals surface area (Å²) in [7, 11) is -14.7. The third-order valence-electron chi connectivity index (χ3n) is 4.20. The Morgan fingerprint density at radius 1 is 0.765 bits per heavy atom. The van der Waals surface area contributed by atoms with Gasteiger partial charge in [0.15, 0.2) is 0 Å². The Labute approximate surface area is 202 Å². The second-order valence-corrected chi connectivity index (χ2v) is 10.7. The molecule has 3 rings (SSSR count). The van der Waals surface area contributed by atoms with Crippen LogP contribution in [0.5, 0.6) is 11.5 Å². The molecule has 0 aliphatic carbocycles. The average molecular weight is 581 g/mol. The molecule has 0 aliphatic heterocycles. The number of nitrogens with two attached hydrogens (primary N) is 1. The van der Waals surface area contributed by atoms with E-state index in [1.54, 1.807) is 0 Å². The first-order valence-corrected chi connectivity index (χ1v) is 12.5. The van der Waals surface area contributed by atoms with Crippen LogP contribution in [0.15, 0.2) is 61.3 Å². The predicted octanol–water partition coefficient (Wildman–Crippen LogP) is 0.722. The van der Waals surface area contributed by atoms with Crippen molar-refractivity contribution in [1.29, 1.82) is 0 Å². The first-order chi connectivity index (χ1) is 15.0. The van der Waals surface area contributed by atoms with Crippen molar-refractivity contribution in [1.82, 2.24) is 0 Å². The van der Waals surface area contributed by atoms with E-state index >= 15 is 0 Å². The van der Waals surface area contributed by atoms with E-state index in [2.05, 4.69) is 10.2 Å². The molecule has 14 nitrogen and oxygen atoms in total. The quantitative estimate of drug-likeness (QED) is 0.141. The van der Waals surface area contributed by atoms with Crippen LogP contribution < -0.4 is 15.9 Å². The maximum absolute atomic E-state index is 12.9. The normalized spacial score (nSPS) is 12.7. The molecule has 0 fully saturated rings. The molecular weight excluding hydrogens is 570 g/mol. The summed E-state index contributed by atoms with van der Waals surface area (Å²) in [4.78, 5) is -2.65. The largest absolute Gasteiger partial charge is 2.00 e. The number of hydrogen-bond acceptors (Lipinski definition) is 11. The Hall–Kier alpha value is -2.83. The number of azo groups is 1. The van der Waals surface area contributed by atoms with Gasteiger partial charge in [0.2, 0.25) is 0 Å². The molecule has 0 aliphatic rings. The molecule has 0 atom stereocenters. The number of benzene rings is 3. The van der Waals surface area contributed by atoms with Crippen molar-refractivity contribution >= 4 is 58.2 Å². The summed E-state index contributed by atoms with van der Waals surface area (Å²) in [5.41, 5.74) is 3.44. The molecular formula is C16H11CuN3O11S3. The molecule has 185 valence electrons. The molecule has 34 heavy (non-hydrogen) atoms. The van der Waals surface area contributed by atoms with Gasteiger partial charge < -0.3 is 15.9 Å². The average Bonchev–Trinajstić information content (AvgIpc) is 2.65. The number of rotatable bonds is 5. The third-order valence-corrected chi connectivity index (χ3v) is 6.74. The molecule has 5 N–H and O–H groups in total. The summed E-state index contributed by atoms with van der Waals surface area (Å²) in [6, 6.07) is 4.17. The van der Waals surface area contributed by atoms with Crippen LogP contribution in [0.2, 0.25) is 0 Å². The number of fused-ring (bicyclic) bond motifs is 1. The van der Waals surface area contributed by atoms with Crippen LogP contribution in [-0.2, 0) is 47.4 Å². The van der Waals surface area contributed by atoms with Crippen molar-refractivity contribution in [2.45, 2.75) is 14.7 Å². The number of nitrogen functional groups attached to an aromatic ring is 1. The minimum Gasteiger partial charge on any atom is -0.871 e. The molecule has 0 aromatic heterocycles. The molecule has 0 spiro atoms. The number of hydrogen-bond donors (Lipinski definition) is 4. The maximum Gasteiger partial charge on any atom is 2.00 e. The smallest absolute Gasteiger partial charge is 0.871 e. The fraction of sp³-hybridized carbons (Fsp3) is 0. The van der Waals surface area contributed by atoms with Crippen LogP contribution >= 0.6 is 0 Å². The minimum atomic E-state index is -5.18. The van der Waals surface area contributed by atoms with Crippen LogP contribution in [0.25, 0.3) is 10.8 Å². The number of nitrogens with zero attached hydrogens (tertiary/aromatic N) is 2. The predicted molar refractivity (Wildman–Crippen MR) is 107 cm³/mol. The maximum atomic E-state index is 12.9. The molecule has 0 heterocycles. The molecule has 0 unspecified atom stereocenters. The van der Waals surface area contributed by atoms with Gasteiger partial charge in [-0.1, -0.05) is 17.6 Å². The van der Waals surface area contributed by atoms with Gasteiger partial charge in [-0.2, -0.15) is 30.4 Å². The fourth-order valence-electron chi connectivity index (χ4n) is 2.76. The van der Waals surface area contributed by atoms with Gasteiger partial charge in [0.05, 0.1) is 21.2 Å². The van der Waals surface area contributed by atoms with E-state index in [0.717, 1.165) is 18.2 Å². The molecule has 18 heteroatoms. The molecule has 0 saturated carbocycles. The van der Waals surface area contributed by atoms with E-state index in [0.29, 0.717) is 18.2 Å². The molecule has 0 amide bonds. The Balaban J connectivity index is 0.00000408. The van der Waals surface area contributed by atoms with Gasteiger partial charge in [-0.15, -0.1) is 5.11 Å². The van der Waals surface area contributed by atoms with Gasteiger partial charge >= 0.3 is 17.1 Å². The molecule has 3 aromatic rings. The minimum absolute atomic E-state index is 0. The van der Waals surface area contributed by atoms with E-state index < -0.39 is 84.4 Å². The van der Waals surface area contributed by atoms with E-state index in [1.165, 1.54) is 0 Å². The van der Waals surface area contributed by atoms with Crippen molar-refractivity contribution in [3.05, 3.63) is 36.4 Å². The Morgan fingerprint density at radius 2 is 1.35 bits per heavy atom. The van der Waals surface area contributed by atoms with Gasteiger partial charge in [-0.05, 0) is 41.1 Å². The standard InChI is InChI=1S/C16H13N3O11S3.Cu/c17-10-5-9(32(25,26)27)3-7-4-13(33(28,29)30)15(16(21)14(7)10)19-18-11-6-8(31(22,23)24)1-2-12(11)20;/h1-6,20-21H,17H2,(H,22,23,24)(H,25,26,27)(H,28,29,30);/q;+2/p-2. The van der Waals surface area contributed by atoms with Gasteiger partial charge in [-0.3, -0.25) is 13.7 Å². The van der Waals surface area contributed by atoms with Crippen LogP contribution in [0.4, 0.5) is 17.1 Å².